The average molecular weight is 239 g/mol. The number of hydrogen-bond donors (Lipinski definition) is 1. The zero-order valence-electron chi connectivity index (χ0n) is 10.6. The van der Waals surface area contributed by atoms with Gasteiger partial charge in [-0.1, -0.05) is 13.0 Å². The molecule has 0 radical (unpaired) electrons. The monoisotopic (exact) mass is 239 g/mol. The van der Waals surface area contributed by atoms with Crippen molar-refractivity contribution >= 4 is 11.9 Å². The Balaban J connectivity index is 2.46. The lowest BCUT2D eigenvalue weighted by molar-refractivity contribution is -0.147. The van der Waals surface area contributed by atoms with E-state index in [2.05, 4.69) is 11.9 Å². The fourth-order valence-corrected chi connectivity index (χ4v) is 1.96. The number of hydrogen-bond acceptors (Lipinski definition) is 3. The molecule has 0 spiro atoms. The Morgan fingerprint density at radius 1 is 1.29 bits per heavy atom. The van der Waals surface area contributed by atoms with Crippen molar-refractivity contribution in [1.29, 1.82) is 0 Å². The van der Waals surface area contributed by atoms with Crippen LogP contribution in [0.25, 0.3) is 0 Å². The van der Waals surface area contributed by atoms with Gasteiger partial charge in [0.15, 0.2) is 0 Å². The maximum atomic E-state index is 11.8. The summed E-state index contributed by atoms with van der Waals surface area (Å²) in [5, 5.41) is 2.50. The molecule has 0 bridgehead atoms. The normalized spacial score (nSPS) is 18.2. The minimum Gasteiger partial charge on any atom is -0.459 e. The van der Waals surface area contributed by atoms with E-state index < -0.39 is 11.9 Å². The van der Waals surface area contributed by atoms with E-state index in [1.54, 1.807) is 14.0 Å². The third kappa shape index (κ3) is 3.88. The SMILES string of the molecule is C=C(C(=O)OC1CCCCC1)C(C)C(=O)NC. The van der Waals surface area contributed by atoms with Gasteiger partial charge in [-0.25, -0.2) is 4.79 Å². The second-order valence-corrected chi connectivity index (χ2v) is 4.53. The number of rotatable bonds is 4. The highest BCUT2D eigenvalue weighted by Crippen LogP contribution is 2.22. The van der Waals surface area contributed by atoms with E-state index >= 15 is 0 Å². The van der Waals surface area contributed by atoms with Crippen molar-refractivity contribution in [3.63, 3.8) is 0 Å². The molecule has 1 amide bonds. The number of carbonyl (C=O) groups is 2. The predicted octanol–water partition coefficient (Wildman–Crippen LogP) is 1.80. The van der Waals surface area contributed by atoms with Crippen molar-refractivity contribution in [3.8, 4) is 0 Å². The Hall–Kier alpha value is -1.32. The molecule has 0 saturated heterocycles. The summed E-state index contributed by atoms with van der Waals surface area (Å²) in [6, 6.07) is 0. The Labute approximate surface area is 102 Å². The topological polar surface area (TPSA) is 55.4 Å². The van der Waals surface area contributed by atoms with Crippen LogP contribution in [0.1, 0.15) is 39.0 Å². The van der Waals surface area contributed by atoms with E-state index in [0.717, 1.165) is 25.7 Å². The third-order valence-corrected chi connectivity index (χ3v) is 3.25. The van der Waals surface area contributed by atoms with Crippen LogP contribution in [0.2, 0.25) is 0 Å². The van der Waals surface area contributed by atoms with Crippen LogP contribution >= 0.6 is 0 Å². The minimum atomic E-state index is -0.531. The lowest BCUT2D eigenvalue weighted by Gasteiger charge is -2.23. The molecule has 1 atom stereocenters. The van der Waals surface area contributed by atoms with Crippen molar-refractivity contribution in [1.82, 2.24) is 5.32 Å². The van der Waals surface area contributed by atoms with Crippen LogP contribution in [0.5, 0.6) is 0 Å². The molecule has 1 unspecified atom stereocenters. The first kappa shape index (κ1) is 13.7. The Morgan fingerprint density at radius 3 is 2.41 bits per heavy atom. The molecule has 1 fully saturated rings. The second kappa shape index (κ2) is 6.42. The lowest BCUT2D eigenvalue weighted by atomic mass is 9.97. The molecular formula is C13H21NO3. The summed E-state index contributed by atoms with van der Waals surface area (Å²) in [6.07, 6.45) is 5.28. The fourth-order valence-electron chi connectivity index (χ4n) is 1.96. The molecule has 1 rings (SSSR count). The van der Waals surface area contributed by atoms with Crippen LogP contribution in [0.4, 0.5) is 0 Å². The molecule has 4 nitrogen and oxygen atoms in total. The molecule has 0 aromatic heterocycles. The quantitative estimate of drug-likeness (QED) is 0.601. The summed E-state index contributed by atoms with van der Waals surface area (Å²) in [5.41, 5.74) is 0.231. The zero-order valence-corrected chi connectivity index (χ0v) is 10.6. The van der Waals surface area contributed by atoms with Gasteiger partial charge in [-0.3, -0.25) is 4.79 Å². The van der Waals surface area contributed by atoms with E-state index in [0.29, 0.717) is 0 Å². The van der Waals surface area contributed by atoms with Crippen LogP contribution in [0.3, 0.4) is 0 Å². The van der Waals surface area contributed by atoms with Gasteiger partial charge in [-0.15, -0.1) is 0 Å². The molecule has 4 heteroatoms. The summed E-state index contributed by atoms with van der Waals surface area (Å²) < 4.78 is 5.35. The number of ether oxygens (including phenoxy) is 1. The van der Waals surface area contributed by atoms with Crippen LogP contribution in [0, 0.1) is 5.92 Å². The molecule has 0 heterocycles. The minimum absolute atomic E-state index is 0.00453. The molecule has 96 valence electrons. The van der Waals surface area contributed by atoms with Crippen molar-refractivity contribution in [2.24, 2.45) is 5.92 Å². The van der Waals surface area contributed by atoms with Gasteiger partial charge >= 0.3 is 5.97 Å². The van der Waals surface area contributed by atoms with Gasteiger partial charge in [0.1, 0.15) is 6.10 Å². The summed E-state index contributed by atoms with van der Waals surface area (Å²) >= 11 is 0. The average Bonchev–Trinajstić information content (AvgIpc) is 2.37. The lowest BCUT2D eigenvalue weighted by Crippen LogP contribution is -2.31. The van der Waals surface area contributed by atoms with Gasteiger partial charge in [-0.2, -0.15) is 0 Å². The molecule has 1 aliphatic carbocycles. The Kier molecular flexibility index (Phi) is 5.19. The summed E-state index contributed by atoms with van der Waals surface area (Å²) in [5.74, 6) is -1.18. The van der Waals surface area contributed by atoms with Crippen molar-refractivity contribution in [2.45, 2.75) is 45.1 Å². The smallest absolute Gasteiger partial charge is 0.334 e. The number of esters is 1. The molecule has 1 N–H and O–H groups in total. The number of nitrogens with one attached hydrogen (secondary N) is 1. The van der Waals surface area contributed by atoms with Crippen LogP contribution in [-0.2, 0) is 14.3 Å². The zero-order chi connectivity index (χ0) is 12.8. The molecule has 0 aromatic rings. The molecule has 17 heavy (non-hydrogen) atoms. The van der Waals surface area contributed by atoms with Gasteiger partial charge in [0, 0.05) is 12.6 Å². The first-order valence-corrected chi connectivity index (χ1v) is 6.17. The van der Waals surface area contributed by atoms with Gasteiger partial charge in [-0.05, 0) is 32.6 Å². The van der Waals surface area contributed by atoms with E-state index in [-0.39, 0.29) is 17.6 Å². The first-order chi connectivity index (χ1) is 8.06. The number of amides is 1. The molecule has 1 saturated carbocycles. The Bertz CT molecular complexity index is 306. The van der Waals surface area contributed by atoms with E-state index in [4.69, 9.17) is 4.74 Å². The largest absolute Gasteiger partial charge is 0.459 e. The van der Waals surface area contributed by atoms with Crippen LogP contribution in [0.15, 0.2) is 12.2 Å². The second-order valence-electron chi connectivity index (χ2n) is 4.53. The van der Waals surface area contributed by atoms with Crippen LogP contribution < -0.4 is 5.32 Å². The molecule has 0 aliphatic heterocycles. The van der Waals surface area contributed by atoms with Gasteiger partial charge < -0.3 is 10.1 Å². The highest BCUT2D eigenvalue weighted by atomic mass is 16.5. The van der Waals surface area contributed by atoms with E-state index in [1.807, 2.05) is 0 Å². The van der Waals surface area contributed by atoms with Crippen molar-refractivity contribution in [3.05, 3.63) is 12.2 Å². The Morgan fingerprint density at radius 2 is 1.88 bits per heavy atom. The third-order valence-electron chi connectivity index (χ3n) is 3.25. The molecular weight excluding hydrogens is 218 g/mol. The highest BCUT2D eigenvalue weighted by Gasteiger charge is 2.25. The van der Waals surface area contributed by atoms with Crippen molar-refractivity contribution in [2.75, 3.05) is 7.05 Å². The standard InChI is InChI=1S/C13H21NO3/c1-9(12(15)14-3)10(2)13(16)17-11-7-5-4-6-8-11/h9,11H,2,4-8H2,1,3H3,(H,14,15). The highest BCUT2D eigenvalue weighted by molar-refractivity contribution is 5.96. The van der Waals surface area contributed by atoms with E-state index in [9.17, 15) is 9.59 Å². The summed E-state index contributed by atoms with van der Waals surface area (Å²) in [4.78, 5) is 23.1. The van der Waals surface area contributed by atoms with Gasteiger partial charge in [0.2, 0.25) is 5.91 Å². The maximum absolute atomic E-state index is 11.8. The van der Waals surface area contributed by atoms with E-state index in [1.165, 1.54) is 6.42 Å². The molecule has 0 aromatic carbocycles. The van der Waals surface area contributed by atoms with Crippen LogP contribution in [-0.4, -0.2) is 25.0 Å². The van der Waals surface area contributed by atoms with Crippen molar-refractivity contribution < 1.29 is 14.3 Å². The number of carbonyl (C=O) groups excluding carboxylic acids is 2. The fraction of sp³-hybridized carbons (Fsp3) is 0.692. The van der Waals surface area contributed by atoms with Gasteiger partial charge in [0.25, 0.3) is 0 Å². The van der Waals surface area contributed by atoms with Gasteiger partial charge in [0.05, 0.1) is 5.92 Å². The summed E-state index contributed by atoms with van der Waals surface area (Å²) in [7, 11) is 1.54. The maximum Gasteiger partial charge on any atom is 0.334 e. The first-order valence-electron chi connectivity index (χ1n) is 6.17. The molecule has 1 aliphatic rings. The predicted molar refractivity (Wildman–Crippen MR) is 65.3 cm³/mol. The summed E-state index contributed by atoms with van der Waals surface area (Å²) in [6.45, 7) is 5.31.